The minimum Gasteiger partial charge on any atom is -0.508 e. The molecule has 3 rings (SSSR count). The SMILES string of the molecule is O=C(Cc1cccc2ccccc12)N/N=C\c1cccc(O)c1. The molecule has 1 amide bonds. The summed E-state index contributed by atoms with van der Waals surface area (Å²) in [5.41, 5.74) is 4.20. The highest BCUT2D eigenvalue weighted by molar-refractivity contribution is 5.90. The average Bonchev–Trinajstić information content (AvgIpc) is 2.55. The van der Waals surface area contributed by atoms with Crippen LogP contribution in [0.5, 0.6) is 5.75 Å². The van der Waals surface area contributed by atoms with Crippen molar-refractivity contribution in [2.75, 3.05) is 0 Å². The van der Waals surface area contributed by atoms with Crippen molar-refractivity contribution in [2.24, 2.45) is 5.10 Å². The summed E-state index contributed by atoms with van der Waals surface area (Å²) < 4.78 is 0. The van der Waals surface area contributed by atoms with Crippen molar-refractivity contribution in [3.05, 3.63) is 77.9 Å². The fourth-order valence-electron chi connectivity index (χ4n) is 2.44. The van der Waals surface area contributed by atoms with Gasteiger partial charge in [-0.1, -0.05) is 54.6 Å². The van der Waals surface area contributed by atoms with Crippen LogP contribution in [-0.4, -0.2) is 17.2 Å². The lowest BCUT2D eigenvalue weighted by atomic mass is 10.0. The molecule has 0 saturated carbocycles. The Morgan fingerprint density at radius 2 is 1.83 bits per heavy atom. The second kappa shape index (κ2) is 6.75. The predicted octanol–water partition coefficient (Wildman–Crippen LogP) is 3.24. The molecule has 0 aliphatic rings. The van der Waals surface area contributed by atoms with Crippen molar-refractivity contribution >= 4 is 22.9 Å². The number of phenolic OH excluding ortho intramolecular Hbond substituents is 1. The van der Waals surface area contributed by atoms with Crippen LogP contribution in [0.25, 0.3) is 10.8 Å². The molecule has 2 N–H and O–H groups in total. The highest BCUT2D eigenvalue weighted by Crippen LogP contribution is 2.18. The summed E-state index contributed by atoms with van der Waals surface area (Å²) >= 11 is 0. The maximum atomic E-state index is 12.0. The highest BCUT2D eigenvalue weighted by atomic mass is 16.3. The molecule has 4 nitrogen and oxygen atoms in total. The number of aromatic hydroxyl groups is 1. The van der Waals surface area contributed by atoms with Crippen LogP contribution >= 0.6 is 0 Å². The number of fused-ring (bicyclic) bond motifs is 1. The molecule has 0 atom stereocenters. The molecule has 0 bridgehead atoms. The molecule has 0 spiro atoms. The topological polar surface area (TPSA) is 61.7 Å². The second-order valence-corrected chi connectivity index (χ2v) is 5.20. The van der Waals surface area contributed by atoms with Gasteiger partial charge in [0.1, 0.15) is 5.75 Å². The lowest BCUT2D eigenvalue weighted by Gasteiger charge is -2.05. The van der Waals surface area contributed by atoms with Gasteiger partial charge < -0.3 is 5.11 Å². The molecule has 0 radical (unpaired) electrons. The van der Waals surface area contributed by atoms with Gasteiger partial charge in [0, 0.05) is 0 Å². The second-order valence-electron chi connectivity index (χ2n) is 5.20. The maximum Gasteiger partial charge on any atom is 0.244 e. The first-order valence-corrected chi connectivity index (χ1v) is 7.30. The van der Waals surface area contributed by atoms with E-state index in [2.05, 4.69) is 10.5 Å². The van der Waals surface area contributed by atoms with Crippen LogP contribution < -0.4 is 5.43 Å². The van der Waals surface area contributed by atoms with Crippen LogP contribution in [0.4, 0.5) is 0 Å². The Labute approximate surface area is 134 Å². The normalized spacial score (nSPS) is 11.0. The Bertz CT molecular complexity index is 867. The third-order valence-corrected chi connectivity index (χ3v) is 3.50. The van der Waals surface area contributed by atoms with E-state index < -0.39 is 0 Å². The first kappa shape index (κ1) is 14.8. The van der Waals surface area contributed by atoms with Gasteiger partial charge in [0.25, 0.3) is 0 Å². The number of phenols is 1. The lowest BCUT2D eigenvalue weighted by molar-refractivity contribution is -0.120. The summed E-state index contributed by atoms with van der Waals surface area (Å²) in [4.78, 5) is 12.0. The van der Waals surface area contributed by atoms with Gasteiger partial charge in [-0.05, 0) is 34.0 Å². The smallest absolute Gasteiger partial charge is 0.244 e. The first-order valence-electron chi connectivity index (χ1n) is 7.30. The summed E-state index contributed by atoms with van der Waals surface area (Å²) in [6.45, 7) is 0. The van der Waals surface area contributed by atoms with Crippen molar-refractivity contribution in [3.8, 4) is 5.75 Å². The molecule has 3 aromatic rings. The minimum absolute atomic E-state index is 0.163. The Morgan fingerprint density at radius 1 is 1.04 bits per heavy atom. The van der Waals surface area contributed by atoms with E-state index in [1.54, 1.807) is 24.3 Å². The molecule has 0 fully saturated rings. The van der Waals surface area contributed by atoms with Crippen molar-refractivity contribution in [1.29, 1.82) is 0 Å². The van der Waals surface area contributed by atoms with Crippen molar-refractivity contribution in [3.63, 3.8) is 0 Å². The molecule has 0 unspecified atom stereocenters. The quantitative estimate of drug-likeness (QED) is 0.574. The van der Waals surface area contributed by atoms with E-state index >= 15 is 0 Å². The predicted molar refractivity (Wildman–Crippen MR) is 91.5 cm³/mol. The third-order valence-electron chi connectivity index (χ3n) is 3.50. The van der Waals surface area contributed by atoms with E-state index in [9.17, 15) is 9.90 Å². The zero-order valence-corrected chi connectivity index (χ0v) is 12.4. The van der Waals surface area contributed by atoms with Gasteiger partial charge in [0.2, 0.25) is 5.91 Å². The molecule has 0 aliphatic heterocycles. The van der Waals surface area contributed by atoms with Gasteiger partial charge in [-0.15, -0.1) is 0 Å². The molecule has 0 aliphatic carbocycles. The minimum atomic E-state index is -0.183. The fraction of sp³-hybridized carbons (Fsp3) is 0.0526. The molecule has 0 saturated heterocycles. The Morgan fingerprint density at radius 3 is 2.70 bits per heavy atom. The standard InChI is InChI=1S/C19H16N2O2/c22-17-9-3-5-14(11-17)13-20-21-19(23)12-16-8-4-7-15-6-1-2-10-18(15)16/h1-11,13,22H,12H2,(H,21,23)/b20-13-. The van der Waals surface area contributed by atoms with Gasteiger partial charge >= 0.3 is 0 Å². The summed E-state index contributed by atoms with van der Waals surface area (Å²) in [6.07, 6.45) is 1.76. The van der Waals surface area contributed by atoms with E-state index in [0.717, 1.165) is 21.9 Å². The van der Waals surface area contributed by atoms with E-state index in [0.29, 0.717) is 0 Å². The van der Waals surface area contributed by atoms with Gasteiger partial charge in [-0.3, -0.25) is 4.79 Å². The van der Waals surface area contributed by atoms with Crippen molar-refractivity contribution in [1.82, 2.24) is 5.43 Å². The number of nitrogens with one attached hydrogen (secondary N) is 1. The molecule has 0 heterocycles. The van der Waals surface area contributed by atoms with Gasteiger partial charge in [-0.2, -0.15) is 5.10 Å². The van der Waals surface area contributed by atoms with Crippen LogP contribution in [0.1, 0.15) is 11.1 Å². The van der Waals surface area contributed by atoms with Crippen LogP contribution in [0.15, 0.2) is 71.8 Å². The zero-order chi connectivity index (χ0) is 16.1. The van der Waals surface area contributed by atoms with Crippen LogP contribution in [0, 0.1) is 0 Å². The highest BCUT2D eigenvalue weighted by Gasteiger charge is 2.05. The summed E-state index contributed by atoms with van der Waals surface area (Å²) in [5.74, 6) is -0.0196. The van der Waals surface area contributed by atoms with Crippen LogP contribution in [0.3, 0.4) is 0 Å². The van der Waals surface area contributed by atoms with Crippen LogP contribution in [-0.2, 0) is 11.2 Å². The Balaban J connectivity index is 1.67. The number of benzene rings is 3. The Kier molecular flexibility index (Phi) is 4.34. The van der Waals surface area contributed by atoms with E-state index in [-0.39, 0.29) is 18.1 Å². The maximum absolute atomic E-state index is 12.0. The van der Waals surface area contributed by atoms with E-state index in [4.69, 9.17) is 0 Å². The Hall–Kier alpha value is -3.14. The molecule has 4 heteroatoms. The summed E-state index contributed by atoms with van der Waals surface area (Å²) in [7, 11) is 0. The number of amides is 1. The molecular weight excluding hydrogens is 288 g/mol. The first-order chi connectivity index (χ1) is 11.2. The number of carbonyl (C=O) groups excluding carboxylic acids is 1. The fourth-order valence-corrected chi connectivity index (χ4v) is 2.44. The van der Waals surface area contributed by atoms with Crippen molar-refractivity contribution < 1.29 is 9.90 Å². The van der Waals surface area contributed by atoms with Crippen LogP contribution in [0.2, 0.25) is 0 Å². The van der Waals surface area contributed by atoms with Gasteiger partial charge in [0.15, 0.2) is 0 Å². The molecular formula is C19H16N2O2. The molecule has 23 heavy (non-hydrogen) atoms. The van der Waals surface area contributed by atoms with Gasteiger partial charge in [-0.25, -0.2) is 5.43 Å². The third kappa shape index (κ3) is 3.74. The summed E-state index contributed by atoms with van der Waals surface area (Å²) in [5, 5.41) is 15.5. The average molecular weight is 304 g/mol. The summed E-state index contributed by atoms with van der Waals surface area (Å²) in [6, 6.07) is 20.5. The monoisotopic (exact) mass is 304 g/mol. The molecule has 114 valence electrons. The largest absolute Gasteiger partial charge is 0.508 e. The molecule has 0 aromatic heterocycles. The lowest BCUT2D eigenvalue weighted by Crippen LogP contribution is -2.19. The van der Waals surface area contributed by atoms with E-state index in [1.807, 2.05) is 42.5 Å². The number of hydrazone groups is 1. The van der Waals surface area contributed by atoms with E-state index in [1.165, 1.54) is 6.21 Å². The molecule has 3 aromatic carbocycles. The zero-order valence-electron chi connectivity index (χ0n) is 12.4. The number of hydrogen-bond acceptors (Lipinski definition) is 3. The van der Waals surface area contributed by atoms with Crippen molar-refractivity contribution in [2.45, 2.75) is 6.42 Å². The number of nitrogens with zero attached hydrogens (tertiary/aromatic N) is 1. The van der Waals surface area contributed by atoms with Gasteiger partial charge in [0.05, 0.1) is 12.6 Å². The number of hydrogen-bond donors (Lipinski definition) is 2. The number of carbonyl (C=O) groups is 1. The number of rotatable bonds is 4.